The van der Waals surface area contributed by atoms with Crippen LogP contribution in [0.5, 0.6) is 5.75 Å². The van der Waals surface area contributed by atoms with Gasteiger partial charge in [0.1, 0.15) is 30.0 Å². The minimum Gasteiger partial charge on any atom is -0.488 e. The van der Waals surface area contributed by atoms with Crippen molar-refractivity contribution in [3.05, 3.63) is 127 Å². The van der Waals surface area contributed by atoms with Gasteiger partial charge in [-0.1, -0.05) is 18.2 Å². The number of nitrogens with one attached hydrogen (secondary N) is 1. The standard InChI is InChI=1S/C34H25F5N4O6/c1-16-4-3-5-26-28(16)18-11-21(29(36)22(12-18)34(37,38)39)24(13-27(44)45)41-31(46)30(20-10-17(15-49-26)6-7-23(20)35)43-32(47)19-8-9-40-14-25(19)42(2)33(43)48/h3-12,14,24,30H,13,15H2,1-2H3,(H,41,46)(H,44,45)/t24-,30+/m1/s1. The highest BCUT2D eigenvalue weighted by Crippen LogP contribution is 2.42. The maximum absolute atomic E-state index is 15.9. The van der Waals surface area contributed by atoms with Crippen LogP contribution in [-0.2, 0) is 29.4 Å². The second-order valence-electron chi connectivity index (χ2n) is 11.5. The number of carbonyl (C=O) groups is 2. The van der Waals surface area contributed by atoms with E-state index in [1.54, 1.807) is 19.1 Å². The fourth-order valence-corrected chi connectivity index (χ4v) is 6.04. The highest BCUT2D eigenvalue weighted by atomic mass is 19.4. The summed E-state index contributed by atoms with van der Waals surface area (Å²) in [6, 6.07) is 6.73. The first-order valence-electron chi connectivity index (χ1n) is 14.7. The Bertz CT molecular complexity index is 2300. The van der Waals surface area contributed by atoms with Crippen LogP contribution in [0.25, 0.3) is 22.0 Å². The van der Waals surface area contributed by atoms with Gasteiger partial charge in [0.2, 0.25) is 5.91 Å². The van der Waals surface area contributed by atoms with E-state index in [-0.39, 0.29) is 39.9 Å². The molecule has 1 aliphatic heterocycles. The second kappa shape index (κ2) is 12.3. The highest BCUT2D eigenvalue weighted by Gasteiger charge is 2.39. The number of hydrogen-bond acceptors (Lipinski definition) is 6. The SMILES string of the molecule is Cc1cccc2c1-c1cc(c(F)c(C(F)(F)F)c1)[C@@H](CC(=O)O)NC(=O)[C@@H](n1c(=O)c3ccncc3n(C)c1=O)c1cc(ccc1F)CO2. The van der Waals surface area contributed by atoms with Crippen molar-refractivity contribution in [2.45, 2.75) is 38.2 Å². The molecule has 10 nitrogen and oxygen atoms in total. The van der Waals surface area contributed by atoms with Crippen molar-refractivity contribution in [2.24, 2.45) is 7.05 Å². The van der Waals surface area contributed by atoms with Crippen molar-refractivity contribution in [3.63, 3.8) is 0 Å². The number of carbonyl (C=O) groups excluding carboxylic acids is 1. The fourth-order valence-electron chi connectivity index (χ4n) is 6.04. The van der Waals surface area contributed by atoms with E-state index in [9.17, 15) is 37.5 Å². The molecule has 6 rings (SSSR count). The summed E-state index contributed by atoms with van der Waals surface area (Å²) in [5.41, 5.74) is -4.58. The Morgan fingerprint density at radius 2 is 1.82 bits per heavy atom. The Labute approximate surface area is 273 Å². The first kappa shape index (κ1) is 33.1. The number of benzene rings is 3. The molecule has 0 fully saturated rings. The Kier molecular flexibility index (Phi) is 8.30. The number of carboxylic acid groups (broad SMARTS) is 1. The van der Waals surface area contributed by atoms with Gasteiger partial charge in [-0.3, -0.25) is 23.9 Å². The quantitative estimate of drug-likeness (QED) is 0.251. The zero-order valence-corrected chi connectivity index (χ0v) is 25.6. The predicted octanol–water partition coefficient (Wildman–Crippen LogP) is 5.18. The molecule has 3 heterocycles. The minimum absolute atomic E-state index is 0.0669. The molecule has 3 aromatic carbocycles. The van der Waals surface area contributed by atoms with Crippen molar-refractivity contribution < 1.29 is 41.4 Å². The maximum Gasteiger partial charge on any atom is 0.419 e. The fraction of sp³-hybridized carbons (Fsp3) is 0.206. The average molecular weight is 681 g/mol. The lowest BCUT2D eigenvalue weighted by Crippen LogP contribution is -2.48. The van der Waals surface area contributed by atoms with Crippen LogP contribution in [0.15, 0.2) is 76.6 Å². The highest BCUT2D eigenvalue weighted by molar-refractivity contribution is 5.86. The van der Waals surface area contributed by atoms with Gasteiger partial charge in [-0.05, 0) is 60.0 Å². The molecule has 0 saturated carbocycles. The number of fused-ring (bicyclic) bond motifs is 7. The first-order chi connectivity index (χ1) is 23.2. The number of halogens is 5. The molecule has 1 aliphatic rings. The van der Waals surface area contributed by atoms with E-state index < -0.39 is 76.1 Å². The van der Waals surface area contributed by atoms with Gasteiger partial charge in [0.05, 0.1) is 35.1 Å². The zero-order chi connectivity index (χ0) is 35.4. The van der Waals surface area contributed by atoms with Crippen LogP contribution in [0, 0.1) is 18.6 Å². The van der Waals surface area contributed by atoms with Gasteiger partial charge in [-0.2, -0.15) is 13.2 Å². The zero-order valence-electron chi connectivity index (χ0n) is 25.6. The number of rotatable bonds is 3. The van der Waals surface area contributed by atoms with Crippen LogP contribution in [0.2, 0.25) is 0 Å². The second-order valence-corrected chi connectivity index (χ2v) is 11.5. The average Bonchev–Trinajstić information content (AvgIpc) is 3.04. The molecule has 4 bridgehead atoms. The van der Waals surface area contributed by atoms with Gasteiger partial charge in [-0.25, -0.2) is 18.1 Å². The molecule has 252 valence electrons. The molecule has 15 heteroatoms. The van der Waals surface area contributed by atoms with E-state index in [1.165, 1.54) is 43.7 Å². The molecule has 5 aromatic rings. The number of aryl methyl sites for hydroxylation is 2. The van der Waals surface area contributed by atoms with Crippen LogP contribution in [0.3, 0.4) is 0 Å². The van der Waals surface area contributed by atoms with Crippen LogP contribution < -0.4 is 21.3 Å². The van der Waals surface area contributed by atoms with Gasteiger partial charge < -0.3 is 15.2 Å². The Balaban J connectivity index is 1.69. The smallest absolute Gasteiger partial charge is 0.419 e. The summed E-state index contributed by atoms with van der Waals surface area (Å²) in [5.74, 6) is -5.86. The predicted molar refractivity (Wildman–Crippen MR) is 165 cm³/mol. The van der Waals surface area contributed by atoms with Crippen LogP contribution >= 0.6 is 0 Å². The molecule has 1 amide bonds. The van der Waals surface area contributed by atoms with E-state index in [0.29, 0.717) is 16.2 Å². The van der Waals surface area contributed by atoms with E-state index >= 15 is 8.78 Å². The Morgan fingerprint density at radius 3 is 2.53 bits per heavy atom. The van der Waals surface area contributed by atoms with Crippen LogP contribution in [0.4, 0.5) is 22.0 Å². The monoisotopic (exact) mass is 680 g/mol. The topological polar surface area (TPSA) is 133 Å². The number of aliphatic carboxylic acids is 1. The van der Waals surface area contributed by atoms with Gasteiger partial charge in [-0.15, -0.1) is 0 Å². The van der Waals surface area contributed by atoms with Crippen molar-refractivity contribution in [1.29, 1.82) is 0 Å². The summed E-state index contributed by atoms with van der Waals surface area (Å²) >= 11 is 0. The molecule has 0 saturated heterocycles. The molecule has 0 aliphatic carbocycles. The minimum atomic E-state index is -5.26. The van der Waals surface area contributed by atoms with Gasteiger partial charge in [0.25, 0.3) is 5.56 Å². The number of pyridine rings is 1. The number of hydrogen-bond donors (Lipinski definition) is 2. The lowest BCUT2D eigenvalue weighted by Gasteiger charge is -2.27. The van der Waals surface area contributed by atoms with Crippen molar-refractivity contribution in [2.75, 3.05) is 0 Å². The van der Waals surface area contributed by atoms with E-state index in [1.807, 2.05) is 0 Å². The van der Waals surface area contributed by atoms with E-state index in [2.05, 4.69) is 10.3 Å². The largest absolute Gasteiger partial charge is 0.488 e. The summed E-state index contributed by atoms with van der Waals surface area (Å²) in [4.78, 5) is 57.7. The van der Waals surface area contributed by atoms with Gasteiger partial charge in [0.15, 0.2) is 0 Å². The molecule has 49 heavy (non-hydrogen) atoms. The molecular formula is C34H25F5N4O6. The van der Waals surface area contributed by atoms with Gasteiger partial charge >= 0.3 is 17.8 Å². The summed E-state index contributed by atoms with van der Waals surface area (Å²) in [7, 11) is 1.27. The maximum atomic E-state index is 15.9. The Morgan fingerprint density at radius 1 is 1.06 bits per heavy atom. The third-order valence-corrected chi connectivity index (χ3v) is 8.36. The van der Waals surface area contributed by atoms with Crippen molar-refractivity contribution in [1.82, 2.24) is 19.4 Å². The van der Waals surface area contributed by atoms with Crippen molar-refractivity contribution >= 4 is 22.8 Å². The summed E-state index contributed by atoms with van der Waals surface area (Å²) in [6.45, 7) is 1.27. The summed E-state index contributed by atoms with van der Waals surface area (Å²) in [6.07, 6.45) is -3.91. The third kappa shape index (κ3) is 5.91. The summed E-state index contributed by atoms with van der Waals surface area (Å²) < 4.78 is 82.0. The molecule has 2 N–H and O–H groups in total. The number of ether oxygens (including phenoxy) is 1. The van der Waals surface area contributed by atoms with E-state index in [4.69, 9.17) is 4.74 Å². The number of alkyl halides is 3. The third-order valence-electron chi connectivity index (χ3n) is 8.36. The van der Waals surface area contributed by atoms with Gasteiger partial charge in [0, 0.05) is 29.9 Å². The molecule has 0 spiro atoms. The van der Waals surface area contributed by atoms with Crippen LogP contribution in [-0.4, -0.2) is 31.1 Å². The lowest BCUT2D eigenvalue weighted by molar-refractivity contribution is -0.140. The van der Waals surface area contributed by atoms with E-state index in [0.717, 1.165) is 16.7 Å². The van der Waals surface area contributed by atoms with Crippen LogP contribution in [0.1, 0.15) is 46.3 Å². The molecule has 2 aromatic heterocycles. The molecule has 0 radical (unpaired) electrons. The Hall–Kier alpha value is -5.86. The number of aromatic nitrogens is 3. The molecule has 2 atom stereocenters. The molecular weight excluding hydrogens is 655 g/mol. The first-order valence-corrected chi connectivity index (χ1v) is 14.7. The lowest BCUT2D eigenvalue weighted by atomic mass is 9.91. The normalized spacial score (nSPS) is 16.3. The van der Waals surface area contributed by atoms with Crippen molar-refractivity contribution in [3.8, 4) is 16.9 Å². The molecule has 0 unspecified atom stereocenters. The number of nitrogens with zero attached hydrogens (tertiary/aromatic N) is 3. The number of carboxylic acids is 1. The number of amides is 1. The summed E-state index contributed by atoms with van der Waals surface area (Å²) in [5, 5.41) is 11.9.